The summed E-state index contributed by atoms with van der Waals surface area (Å²) < 4.78 is 15.8. The van der Waals surface area contributed by atoms with Crippen LogP contribution < -0.4 is 24.8 Å². The Labute approximate surface area is 226 Å². The lowest BCUT2D eigenvalue weighted by atomic mass is 10.0. The lowest BCUT2D eigenvalue weighted by molar-refractivity contribution is -0.141. The van der Waals surface area contributed by atoms with Gasteiger partial charge < -0.3 is 30.0 Å². The Morgan fingerprint density at radius 2 is 1.54 bits per heavy atom. The van der Waals surface area contributed by atoms with Crippen molar-refractivity contribution in [3.8, 4) is 17.2 Å². The highest BCUT2D eigenvalue weighted by Gasteiger charge is 2.30. The number of hydrogen-bond donors (Lipinski definition) is 3. The van der Waals surface area contributed by atoms with E-state index in [2.05, 4.69) is 10.6 Å². The van der Waals surface area contributed by atoms with E-state index in [1.807, 2.05) is 0 Å². The summed E-state index contributed by atoms with van der Waals surface area (Å²) in [6.45, 7) is 4.32. The highest BCUT2D eigenvalue weighted by atomic mass is 16.5. The molecule has 0 fully saturated rings. The van der Waals surface area contributed by atoms with E-state index in [1.54, 1.807) is 56.3 Å². The molecule has 3 N–H and O–H groups in total. The zero-order valence-electron chi connectivity index (χ0n) is 22.6. The normalized spacial score (nSPS) is 12.2. The van der Waals surface area contributed by atoms with Crippen LogP contribution in [0.5, 0.6) is 17.2 Å². The van der Waals surface area contributed by atoms with Crippen molar-refractivity contribution in [1.29, 1.82) is 0 Å². The fraction of sp³-hybridized carbons (Fsp3) is 0.393. The number of carboxylic acids is 1. The third kappa shape index (κ3) is 9.44. The number of carboxylic acid groups (broad SMARTS) is 1. The van der Waals surface area contributed by atoms with Crippen LogP contribution >= 0.6 is 0 Å². The van der Waals surface area contributed by atoms with Crippen molar-refractivity contribution >= 4 is 29.4 Å². The van der Waals surface area contributed by atoms with Crippen LogP contribution in [-0.2, 0) is 25.6 Å². The number of nitrogens with one attached hydrogen (secondary N) is 2. The number of carbonyl (C=O) groups is 5. The molecule has 2 aromatic rings. The molecule has 0 heterocycles. The first-order valence-corrected chi connectivity index (χ1v) is 12.2. The van der Waals surface area contributed by atoms with Gasteiger partial charge in [-0.2, -0.15) is 0 Å². The summed E-state index contributed by atoms with van der Waals surface area (Å²) in [5.74, 6) is -2.39. The predicted molar refractivity (Wildman–Crippen MR) is 141 cm³/mol. The predicted octanol–water partition coefficient (Wildman–Crippen LogP) is 2.20. The Bertz CT molecular complexity index is 1190. The fourth-order valence-electron chi connectivity index (χ4n) is 3.68. The number of ether oxygens (including phenoxy) is 3. The van der Waals surface area contributed by atoms with Gasteiger partial charge in [0.15, 0.2) is 11.6 Å². The Morgan fingerprint density at radius 1 is 0.897 bits per heavy atom. The molecule has 11 nitrogen and oxygen atoms in total. The van der Waals surface area contributed by atoms with Gasteiger partial charge in [-0.3, -0.25) is 24.0 Å². The van der Waals surface area contributed by atoms with Crippen LogP contribution in [0.2, 0.25) is 0 Å². The summed E-state index contributed by atoms with van der Waals surface area (Å²) in [7, 11) is 2.95. The van der Waals surface area contributed by atoms with E-state index < -0.39 is 54.6 Å². The standard InChI is InChI=1S/C28H34N2O9/c1-16(2)27(30-25(33)13-19-12-18(17(3)31)6-11-24(19)38-5)28(36)29-22(14-26(34)35)23(32)15-39-21-9-7-20(37-4)8-10-21/h6-12,16,22,27H,13-15H2,1-5H3,(H,29,36)(H,30,33)(H,34,35)/t22?,27-/m0/s1. The van der Waals surface area contributed by atoms with Gasteiger partial charge >= 0.3 is 5.97 Å². The molecule has 0 radical (unpaired) electrons. The number of hydrogen-bond acceptors (Lipinski definition) is 8. The smallest absolute Gasteiger partial charge is 0.305 e. The van der Waals surface area contributed by atoms with E-state index >= 15 is 0 Å². The molecule has 1 unspecified atom stereocenters. The average Bonchev–Trinajstić information content (AvgIpc) is 2.89. The minimum absolute atomic E-state index is 0.173. The van der Waals surface area contributed by atoms with Crippen LogP contribution in [0.25, 0.3) is 0 Å². The van der Waals surface area contributed by atoms with Crippen molar-refractivity contribution < 1.29 is 43.3 Å². The minimum Gasteiger partial charge on any atom is -0.497 e. The molecule has 0 saturated heterocycles. The van der Waals surface area contributed by atoms with Crippen LogP contribution in [0, 0.1) is 5.92 Å². The summed E-state index contributed by atoms with van der Waals surface area (Å²) in [5, 5.41) is 14.4. The minimum atomic E-state index is -1.38. The van der Waals surface area contributed by atoms with Crippen molar-refractivity contribution in [2.45, 2.75) is 45.7 Å². The second-order valence-corrected chi connectivity index (χ2v) is 9.14. The number of benzene rings is 2. The van der Waals surface area contributed by atoms with Gasteiger partial charge in [0.05, 0.1) is 27.1 Å². The Kier molecular flexibility index (Phi) is 11.5. The molecule has 2 amide bonds. The molecule has 0 aromatic heterocycles. The monoisotopic (exact) mass is 542 g/mol. The van der Waals surface area contributed by atoms with Gasteiger partial charge in [-0.1, -0.05) is 13.8 Å². The van der Waals surface area contributed by atoms with Crippen molar-refractivity contribution in [3.63, 3.8) is 0 Å². The molecule has 2 atom stereocenters. The SMILES string of the molecule is COc1ccc(OCC(=O)C(CC(=O)O)NC(=O)[C@@H](NC(=O)Cc2cc(C(C)=O)ccc2OC)C(C)C)cc1. The molecule has 39 heavy (non-hydrogen) atoms. The molecule has 11 heteroatoms. The number of amides is 2. The van der Waals surface area contributed by atoms with Gasteiger partial charge in [-0.05, 0) is 55.3 Å². The van der Waals surface area contributed by atoms with Gasteiger partial charge in [0.25, 0.3) is 0 Å². The molecular formula is C28H34N2O9. The van der Waals surface area contributed by atoms with Gasteiger partial charge in [0.1, 0.15) is 35.9 Å². The lowest BCUT2D eigenvalue weighted by Gasteiger charge is -2.25. The van der Waals surface area contributed by atoms with E-state index in [0.29, 0.717) is 28.4 Å². The Balaban J connectivity index is 2.10. The van der Waals surface area contributed by atoms with E-state index in [4.69, 9.17) is 14.2 Å². The molecule has 0 saturated carbocycles. The first-order chi connectivity index (χ1) is 18.4. The van der Waals surface area contributed by atoms with Crippen molar-refractivity contribution in [2.24, 2.45) is 5.92 Å². The van der Waals surface area contributed by atoms with E-state index in [-0.39, 0.29) is 12.2 Å². The lowest BCUT2D eigenvalue weighted by Crippen LogP contribution is -2.54. The van der Waals surface area contributed by atoms with Crippen LogP contribution in [0.1, 0.15) is 43.1 Å². The fourth-order valence-corrected chi connectivity index (χ4v) is 3.68. The number of aliphatic carboxylic acids is 1. The van der Waals surface area contributed by atoms with E-state index in [1.165, 1.54) is 21.1 Å². The van der Waals surface area contributed by atoms with Crippen LogP contribution in [0.3, 0.4) is 0 Å². The zero-order chi connectivity index (χ0) is 29.1. The molecule has 2 aromatic carbocycles. The maximum absolute atomic E-state index is 13.1. The molecule has 0 aliphatic heterocycles. The quantitative estimate of drug-likeness (QED) is 0.287. The van der Waals surface area contributed by atoms with Crippen LogP contribution in [-0.4, -0.2) is 67.4 Å². The molecule has 0 spiro atoms. The summed E-state index contributed by atoms with van der Waals surface area (Å²) in [5.41, 5.74) is 0.865. The summed E-state index contributed by atoms with van der Waals surface area (Å²) in [6, 6.07) is 8.73. The van der Waals surface area contributed by atoms with Gasteiger partial charge in [-0.25, -0.2) is 0 Å². The number of methoxy groups -OCH3 is 2. The van der Waals surface area contributed by atoms with E-state index in [0.717, 1.165) is 0 Å². The molecule has 0 bridgehead atoms. The van der Waals surface area contributed by atoms with Crippen molar-refractivity contribution in [3.05, 3.63) is 53.6 Å². The largest absolute Gasteiger partial charge is 0.497 e. The second kappa shape index (κ2) is 14.5. The zero-order valence-corrected chi connectivity index (χ0v) is 22.6. The van der Waals surface area contributed by atoms with Gasteiger partial charge in [0, 0.05) is 11.1 Å². The summed E-state index contributed by atoms with van der Waals surface area (Å²) >= 11 is 0. The molecule has 210 valence electrons. The Morgan fingerprint density at radius 3 is 2.08 bits per heavy atom. The van der Waals surface area contributed by atoms with Gasteiger partial charge in [0.2, 0.25) is 11.8 Å². The van der Waals surface area contributed by atoms with Gasteiger partial charge in [-0.15, -0.1) is 0 Å². The maximum Gasteiger partial charge on any atom is 0.305 e. The van der Waals surface area contributed by atoms with Crippen molar-refractivity contribution in [1.82, 2.24) is 10.6 Å². The Hall–Kier alpha value is -4.41. The van der Waals surface area contributed by atoms with Crippen LogP contribution in [0.15, 0.2) is 42.5 Å². The molecule has 0 aliphatic rings. The maximum atomic E-state index is 13.1. The van der Waals surface area contributed by atoms with Crippen molar-refractivity contribution in [2.75, 3.05) is 20.8 Å². The summed E-state index contributed by atoms with van der Waals surface area (Å²) in [6.07, 6.45) is -0.835. The third-order valence-electron chi connectivity index (χ3n) is 5.83. The highest BCUT2D eigenvalue weighted by Crippen LogP contribution is 2.21. The number of rotatable bonds is 15. The first kappa shape index (κ1) is 30.8. The number of Topliss-reactive ketones (excluding diaryl/α,β-unsaturated/α-hetero) is 2. The first-order valence-electron chi connectivity index (χ1n) is 12.2. The molecule has 2 rings (SSSR count). The highest BCUT2D eigenvalue weighted by molar-refractivity contribution is 5.96. The van der Waals surface area contributed by atoms with E-state index in [9.17, 15) is 29.1 Å². The average molecular weight is 543 g/mol. The number of ketones is 2. The summed E-state index contributed by atoms with van der Waals surface area (Å²) in [4.78, 5) is 61.9. The van der Waals surface area contributed by atoms with Crippen LogP contribution in [0.4, 0.5) is 0 Å². The molecule has 0 aliphatic carbocycles. The molecular weight excluding hydrogens is 508 g/mol. The second-order valence-electron chi connectivity index (χ2n) is 9.14. The third-order valence-corrected chi connectivity index (χ3v) is 5.83. The number of carbonyl (C=O) groups excluding carboxylic acids is 4. The topological polar surface area (TPSA) is 157 Å².